The quantitative estimate of drug-likeness (QED) is 0.475. The molecule has 0 saturated carbocycles. The average Bonchev–Trinajstić information content (AvgIpc) is 3.14. The van der Waals surface area contributed by atoms with Crippen LogP contribution in [0.5, 0.6) is 5.75 Å². The third kappa shape index (κ3) is 4.77. The fourth-order valence-electron chi connectivity index (χ4n) is 3.89. The lowest BCUT2D eigenvalue weighted by Gasteiger charge is -2.33. The maximum Gasteiger partial charge on any atom is 0.265 e. The molecule has 172 valence electrons. The minimum absolute atomic E-state index is 0.0180. The predicted molar refractivity (Wildman–Crippen MR) is 132 cm³/mol. The monoisotopic (exact) mass is 529 g/mol. The second-order valence-corrected chi connectivity index (χ2v) is 9.71. The number of aromatic nitrogens is 3. The van der Waals surface area contributed by atoms with Gasteiger partial charge in [0, 0.05) is 17.2 Å². The van der Waals surface area contributed by atoms with Crippen LogP contribution in [0, 0.1) is 13.8 Å². The first kappa shape index (κ1) is 23.3. The molecule has 0 fully saturated rings. The van der Waals surface area contributed by atoms with Crippen LogP contribution in [0.15, 0.2) is 46.0 Å². The van der Waals surface area contributed by atoms with Crippen molar-refractivity contribution in [3.05, 3.63) is 57.8 Å². The maximum atomic E-state index is 12.6. The van der Waals surface area contributed by atoms with E-state index in [0.29, 0.717) is 22.4 Å². The molecule has 4 rings (SSSR count). The molecule has 0 spiro atoms. The first-order chi connectivity index (χ1) is 15.8. The van der Waals surface area contributed by atoms with E-state index >= 15 is 0 Å². The van der Waals surface area contributed by atoms with Crippen LogP contribution < -0.4 is 15.0 Å². The fourth-order valence-corrected chi connectivity index (χ4v) is 5.30. The Hall–Kier alpha value is -2.85. The number of amides is 2. The van der Waals surface area contributed by atoms with Crippen molar-refractivity contribution in [3.63, 3.8) is 0 Å². The Labute approximate surface area is 204 Å². The minimum Gasteiger partial charge on any atom is -0.482 e. The number of carbonyl (C=O) groups is 2. The van der Waals surface area contributed by atoms with Crippen molar-refractivity contribution in [2.24, 2.45) is 7.05 Å². The lowest BCUT2D eigenvalue weighted by molar-refractivity contribution is -0.121. The van der Waals surface area contributed by atoms with Gasteiger partial charge < -0.3 is 14.6 Å². The van der Waals surface area contributed by atoms with Crippen LogP contribution >= 0.6 is 27.7 Å². The van der Waals surface area contributed by atoms with Gasteiger partial charge in [0.25, 0.3) is 5.91 Å². The van der Waals surface area contributed by atoms with Gasteiger partial charge in [-0.1, -0.05) is 39.8 Å². The van der Waals surface area contributed by atoms with Crippen molar-refractivity contribution in [2.45, 2.75) is 32.0 Å². The summed E-state index contributed by atoms with van der Waals surface area (Å²) in [4.78, 5) is 26.9. The molecule has 2 amide bonds. The van der Waals surface area contributed by atoms with Crippen molar-refractivity contribution in [2.75, 3.05) is 22.6 Å². The summed E-state index contributed by atoms with van der Waals surface area (Å²) in [7, 11) is 1.84. The van der Waals surface area contributed by atoms with Gasteiger partial charge in [-0.25, -0.2) is 0 Å². The molecule has 10 heteroatoms. The Bertz CT molecular complexity index is 1210. The van der Waals surface area contributed by atoms with Crippen molar-refractivity contribution in [1.82, 2.24) is 14.8 Å². The van der Waals surface area contributed by atoms with E-state index in [1.165, 1.54) is 11.8 Å². The molecule has 33 heavy (non-hydrogen) atoms. The molecule has 0 bridgehead atoms. The van der Waals surface area contributed by atoms with E-state index in [9.17, 15) is 9.59 Å². The number of thioether (sulfide) groups is 1. The largest absolute Gasteiger partial charge is 0.482 e. The Kier molecular flexibility index (Phi) is 6.76. The normalized spacial score (nSPS) is 14.0. The number of para-hydroxylation sites is 2. The highest BCUT2D eigenvalue weighted by Crippen LogP contribution is 2.37. The molecule has 0 unspecified atom stereocenters. The van der Waals surface area contributed by atoms with Crippen molar-refractivity contribution >= 4 is 50.9 Å². The van der Waals surface area contributed by atoms with E-state index in [1.54, 1.807) is 4.90 Å². The number of fused-ring (bicyclic) bond motifs is 1. The van der Waals surface area contributed by atoms with Crippen molar-refractivity contribution in [1.29, 1.82) is 0 Å². The zero-order chi connectivity index (χ0) is 23.7. The smallest absolute Gasteiger partial charge is 0.265 e. The van der Waals surface area contributed by atoms with Crippen LogP contribution in [-0.4, -0.2) is 38.9 Å². The minimum atomic E-state index is -0.351. The molecular weight excluding hydrogens is 506 g/mol. The van der Waals surface area contributed by atoms with Gasteiger partial charge in [-0.3, -0.25) is 14.5 Å². The zero-order valence-electron chi connectivity index (χ0n) is 18.8. The molecule has 8 nitrogen and oxygen atoms in total. The third-order valence-corrected chi connectivity index (χ3v) is 6.95. The predicted octanol–water partition coefficient (Wildman–Crippen LogP) is 4.41. The Morgan fingerprint density at radius 2 is 1.94 bits per heavy atom. The van der Waals surface area contributed by atoms with Crippen LogP contribution in [-0.2, 0) is 16.6 Å². The van der Waals surface area contributed by atoms with Crippen molar-refractivity contribution in [3.8, 4) is 5.75 Å². The van der Waals surface area contributed by atoms with Crippen LogP contribution in [0.2, 0.25) is 0 Å². The Morgan fingerprint density at radius 1 is 1.24 bits per heavy atom. The van der Waals surface area contributed by atoms with Crippen molar-refractivity contribution < 1.29 is 14.3 Å². The van der Waals surface area contributed by atoms with Crippen LogP contribution in [0.4, 0.5) is 11.4 Å². The summed E-state index contributed by atoms with van der Waals surface area (Å²) in [6.45, 7) is 5.81. The van der Waals surface area contributed by atoms with Gasteiger partial charge in [-0.05, 0) is 56.2 Å². The van der Waals surface area contributed by atoms with Gasteiger partial charge in [-0.2, -0.15) is 0 Å². The average molecular weight is 530 g/mol. The summed E-state index contributed by atoms with van der Waals surface area (Å²) in [6.07, 6.45) is 0. The molecule has 1 aromatic heterocycles. The number of anilines is 2. The molecule has 2 heterocycles. The number of nitrogens with one attached hydrogen (secondary N) is 1. The molecule has 0 radical (unpaired) electrons. The summed E-state index contributed by atoms with van der Waals surface area (Å²) in [5.41, 5.74) is 3.51. The summed E-state index contributed by atoms with van der Waals surface area (Å²) >= 11 is 4.77. The molecule has 1 aliphatic heterocycles. The van der Waals surface area contributed by atoms with E-state index < -0.39 is 0 Å². The maximum absolute atomic E-state index is 12.6. The standard InChI is InChI=1S/C23H24BrN5O3S/c1-13-9-16(24)10-14(2)21(13)25-19(30)12-33-23-27-26-22(28(23)4)15(3)29-17-7-5-6-8-18(17)32-11-20(29)31/h5-10,15H,11-12H2,1-4H3,(H,25,30)/t15-/m0/s1. The van der Waals surface area contributed by atoms with Crippen LogP contribution in [0.25, 0.3) is 0 Å². The van der Waals surface area contributed by atoms with Gasteiger partial charge in [-0.15, -0.1) is 10.2 Å². The van der Waals surface area contributed by atoms with Crippen LogP contribution in [0.1, 0.15) is 29.9 Å². The lowest BCUT2D eigenvalue weighted by atomic mass is 10.1. The summed E-state index contributed by atoms with van der Waals surface area (Å²) in [5, 5.41) is 12.2. The first-order valence-corrected chi connectivity index (χ1v) is 12.2. The summed E-state index contributed by atoms with van der Waals surface area (Å²) in [5.74, 6) is 1.22. The highest BCUT2D eigenvalue weighted by atomic mass is 79.9. The number of hydrogen-bond donors (Lipinski definition) is 1. The Balaban J connectivity index is 1.46. The second kappa shape index (κ2) is 9.56. The van der Waals surface area contributed by atoms with Gasteiger partial charge in [0.05, 0.1) is 17.5 Å². The molecule has 1 aliphatic rings. The van der Waals surface area contributed by atoms with E-state index in [-0.39, 0.29) is 30.2 Å². The van der Waals surface area contributed by atoms with Crippen LogP contribution in [0.3, 0.4) is 0 Å². The van der Waals surface area contributed by atoms with E-state index in [1.807, 2.05) is 68.8 Å². The molecule has 3 aromatic rings. The number of ether oxygens (including phenoxy) is 1. The number of rotatable bonds is 6. The fraction of sp³-hybridized carbons (Fsp3) is 0.304. The molecule has 0 aliphatic carbocycles. The first-order valence-electron chi connectivity index (χ1n) is 10.4. The SMILES string of the molecule is Cc1cc(Br)cc(C)c1NC(=O)CSc1nnc([C@H](C)N2C(=O)COc3ccccc32)n1C. The summed E-state index contributed by atoms with van der Waals surface area (Å²) < 4.78 is 8.34. The van der Waals surface area contributed by atoms with Gasteiger partial charge >= 0.3 is 0 Å². The van der Waals surface area contributed by atoms with Gasteiger partial charge in [0.15, 0.2) is 17.6 Å². The third-order valence-electron chi connectivity index (χ3n) is 5.47. The topological polar surface area (TPSA) is 89.3 Å². The van der Waals surface area contributed by atoms with Gasteiger partial charge in [0.1, 0.15) is 5.75 Å². The molecular formula is C23H24BrN5O3S. The highest BCUT2D eigenvalue weighted by Gasteiger charge is 2.32. The Morgan fingerprint density at radius 3 is 2.67 bits per heavy atom. The number of hydrogen-bond acceptors (Lipinski definition) is 6. The number of benzene rings is 2. The van der Waals surface area contributed by atoms with E-state index in [4.69, 9.17) is 4.74 Å². The number of nitrogens with zero attached hydrogens (tertiary/aromatic N) is 4. The number of halogens is 1. The summed E-state index contributed by atoms with van der Waals surface area (Å²) in [6, 6.07) is 11.0. The van der Waals surface area contributed by atoms with E-state index in [2.05, 4.69) is 31.4 Å². The second-order valence-electron chi connectivity index (χ2n) is 7.85. The highest BCUT2D eigenvalue weighted by molar-refractivity contribution is 9.10. The lowest BCUT2D eigenvalue weighted by Crippen LogP contribution is -2.41. The van der Waals surface area contributed by atoms with E-state index in [0.717, 1.165) is 21.3 Å². The molecule has 0 saturated heterocycles. The number of carbonyl (C=O) groups excluding carboxylic acids is 2. The molecule has 2 aromatic carbocycles. The number of aryl methyl sites for hydroxylation is 2. The zero-order valence-corrected chi connectivity index (χ0v) is 21.2. The molecule has 1 atom stereocenters. The van der Waals surface area contributed by atoms with Gasteiger partial charge in [0.2, 0.25) is 5.91 Å². The molecule has 1 N–H and O–H groups in total.